The van der Waals surface area contributed by atoms with Crippen LogP contribution in [-0.4, -0.2) is 41.2 Å². The van der Waals surface area contributed by atoms with Gasteiger partial charge in [-0.1, -0.05) is 19.1 Å². The standard InChI is InChI=1S/C25H32N4OS/c1-4-17(2)29-13-11-18(12-14-29)21-16-26-22-10-9-19(15-20(21)22)27-25(31)28-23-7-5-6-8-24(23)30-3/h5-10,15-18,26H,4,11-14H2,1-3H3,(H2,27,28,31). The zero-order valence-electron chi connectivity index (χ0n) is 18.6. The number of para-hydroxylation sites is 2. The predicted molar refractivity (Wildman–Crippen MR) is 134 cm³/mol. The quantitative estimate of drug-likeness (QED) is 0.416. The number of methoxy groups -OCH3 is 1. The van der Waals surface area contributed by atoms with E-state index in [1.807, 2.05) is 24.3 Å². The van der Waals surface area contributed by atoms with Crippen molar-refractivity contribution in [1.82, 2.24) is 9.88 Å². The maximum absolute atomic E-state index is 5.54. The molecule has 0 spiro atoms. The van der Waals surface area contributed by atoms with E-state index in [-0.39, 0.29) is 0 Å². The van der Waals surface area contributed by atoms with Crippen molar-refractivity contribution in [3.8, 4) is 5.75 Å². The Hall–Kier alpha value is -2.57. The van der Waals surface area contributed by atoms with E-state index >= 15 is 0 Å². The van der Waals surface area contributed by atoms with Crippen LogP contribution in [0, 0.1) is 0 Å². The molecule has 0 amide bonds. The molecule has 1 unspecified atom stereocenters. The summed E-state index contributed by atoms with van der Waals surface area (Å²) >= 11 is 5.54. The van der Waals surface area contributed by atoms with E-state index in [2.05, 4.69) is 58.8 Å². The highest BCUT2D eigenvalue weighted by atomic mass is 32.1. The van der Waals surface area contributed by atoms with Gasteiger partial charge in [0.05, 0.1) is 12.8 Å². The molecule has 31 heavy (non-hydrogen) atoms. The van der Waals surface area contributed by atoms with Crippen LogP contribution in [-0.2, 0) is 0 Å². The van der Waals surface area contributed by atoms with Crippen LogP contribution >= 0.6 is 12.2 Å². The van der Waals surface area contributed by atoms with Gasteiger partial charge < -0.3 is 25.3 Å². The van der Waals surface area contributed by atoms with E-state index in [9.17, 15) is 0 Å². The fraction of sp³-hybridized carbons (Fsp3) is 0.400. The number of rotatable bonds is 6. The van der Waals surface area contributed by atoms with Crippen molar-refractivity contribution in [2.24, 2.45) is 0 Å². The fourth-order valence-electron chi connectivity index (χ4n) is 4.50. The molecule has 2 aromatic carbocycles. The van der Waals surface area contributed by atoms with E-state index in [0.717, 1.165) is 17.1 Å². The van der Waals surface area contributed by atoms with E-state index in [1.54, 1.807) is 7.11 Å². The van der Waals surface area contributed by atoms with Crippen LogP contribution in [0.3, 0.4) is 0 Å². The molecule has 1 aromatic heterocycles. The summed E-state index contributed by atoms with van der Waals surface area (Å²) in [6.45, 7) is 6.97. The molecule has 1 fully saturated rings. The smallest absolute Gasteiger partial charge is 0.175 e. The summed E-state index contributed by atoms with van der Waals surface area (Å²) in [7, 11) is 1.66. The van der Waals surface area contributed by atoms with Crippen LogP contribution < -0.4 is 15.4 Å². The number of ether oxygens (including phenoxy) is 1. The Kier molecular flexibility index (Phi) is 6.78. The second-order valence-corrected chi connectivity index (χ2v) is 8.76. The number of thiocarbonyl (C=S) groups is 1. The average Bonchev–Trinajstić information content (AvgIpc) is 3.22. The van der Waals surface area contributed by atoms with Crippen LogP contribution in [0.4, 0.5) is 11.4 Å². The Morgan fingerprint density at radius 3 is 2.71 bits per heavy atom. The minimum atomic E-state index is 0.544. The van der Waals surface area contributed by atoms with Gasteiger partial charge >= 0.3 is 0 Å². The van der Waals surface area contributed by atoms with Gasteiger partial charge in [0.25, 0.3) is 0 Å². The first-order valence-corrected chi connectivity index (χ1v) is 11.6. The maximum atomic E-state index is 5.54. The van der Waals surface area contributed by atoms with Gasteiger partial charge in [0, 0.05) is 28.8 Å². The summed E-state index contributed by atoms with van der Waals surface area (Å²) in [6, 6.07) is 14.8. The number of H-pyrrole nitrogens is 1. The molecule has 1 aliphatic heterocycles. The zero-order chi connectivity index (χ0) is 21.8. The van der Waals surface area contributed by atoms with Crippen LogP contribution in [0.5, 0.6) is 5.75 Å². The number of piperidine rings is 1. The van der Waals surface area contributed by atoms with Crippen molar-refractivity contribution >= 4 is 39.6 Å². The Balaban J connectivity index is 1.46. The van der Waals surface area contributed by atoms with Crippen molar-refractivity contribution < 1.29 is 4.74 Å². The molecule has 3 N–H and O–H groups in total. The van der Waals surface area contributed by atoms with Gasteiger partial charge in [-0.15, -0.1) is 0 Å². The Morgan fingerprint density at radius 1 is 1.19 bits per heavy atom. The molecule has 0 saturated carbocycles. The number of aromatic nitrogens is 1. The third-order valence-corrected chi connectivity index (χ3v) is 6.71. The lowest BCUT2D eigenvalue weighted by molar-refractivity contribution is 0.158. The lowest BCUT2D eigenvalue weighted by Crippen LogP contribution is -2.39. The number of nitrogens with zero attached hydrogens (tertiary/aromatic N) is 1. The number of likely N-dealkylation sites (tertiary alicyclic amines) is 1. The summed E-state index contributed by atoms with van der Waals surface area (Å²) in [6.07, 6.45) is 5.84. The van der Waals surface area contributed by atoms with E-state index in [0.29, 0.717) is 17.1 Å². The maximum Gasteiger partial charge on any atom is 0.175 e. The fourth-order valence-corrected chi connectivity index (χ4v) is 4.73. The first-order chi connectivity index (χ1) is 15.1. The third kappa shape index (κ3) is 4.86. The molecular formula is C25H32N4OS. The normalized spacial score (nSPS) is 16.2. The number of hydrogen-bond donors (Lipinski definition) is 3. The van der Waals surface area contributed by atoms with E-state index in [1.165, 1.54) is 48.8 Å². The molecule has 3 aromatic rings. The second-order valence-electron chi connectivity index (χ2n) is 8.35. The van der Waals surface area contributed by atoms with Crippen molar-refractivity contribution in [3.63, 3.8) is 0 Å². The Morgan fingerprint density at radius 2 is 1.97 bits per heavy atom. The molecule has 164 valence electrons. The summed E-state index contributed by atoms with van der Waals surface area (Å²) in [5, 5.41) is 8.39. The monoisotopic (exact) mass is 436 g/mol. The molecule has 0 aliphatic carbocycles. The highest BCUT2D eigenvalue weighted by molar-refractivity contribution is 7.80. The molecule has 6 heteroatoms. The van der Waals surface area contributed by atoms with Crippen LogP contribution in [0.25, 0.3) is 10.9 Å². The van der Waals surface area contributed by atoms with Gasteiger partial charge in [-0.3, -0.25) is 0 Å². The molecular weight excluding hydrogens is 404 g/mol. The van der Waals surface area contributed by atoms with Gasteiger partial charge in [0.2, 0.25) is 0 Å². The van der Waals surface area contributed by atoms with Crippen molar-refractivity contribution in [2.45, 2.75) is 45.1 Å². The first-order valence-electron chi connectivity index (χ1n) is 11.1. The van der Waals surface area contributed by atoms with Crippen LogP contribution in [0.1, 0.15) is 44.6 Å². The SMILES string of the molecule is CCC(C)N1CCC(c2c[nH]c3ccc(NC(=S)Nc4ccccc4OC)cc23)CC1. The van der Waals surface area contributed by atoms with Gasteiger partial charge in [-0.05, 0) is 93.3 Å². The molecule has 5 nitrogen and oxygen atoms in total. The predicted octanol–water partition coefficient (Wildman–Crippen LogP) is 5.96. The first kappa shape index (κ1) is 21.7. The Bertz CT molecular complexity index is 1040. The molecule has 2 heterocycles. The molecule has 1 aliphatic rings. The number of benzene rings is 2. The van der Waals surface area contributed by atoms with E-state index < -0.39 is 0 Å². The molecule has 0 bridgehead atoms. The third-order valence-electron chi connectivity index (χ3n) is 6.51. The lowest BCUT2D eigenvalue weighted by Gasteiger charge is -2.35. The highest BCUT2D eigenvalue weighted by Gasteiger charge is 2.24. The molecule has 1 saturated heterocycles. The minimum absolute atomic E-state index is 0.544. The van der Waals surface area contributed by atoms with Crippen molar-refractivity contribution in [3.05, 3.63) is 54.2 Å². The van der Waals surface area contributed by atoms with Crippen molar-refractivity contribution in [1.29, 1.82) is 0 Å². The van der Waals surface area contributed by atoms with Gasteiger partial charge in [0.15, 0.2) is 5.11 Å². The largest absolute Gasteiger partial charge is 0.495 e. The molecule has 0 radical (unpaired) electrons. The zero-order valence-corrected chi connectivity index (χ0v) is 19.4. The molecule has 1 atom stereocenters. The second kappa shape index (κ2) is 9.71. The summed E-state index contributed by atoms with van der Waals surface area (Å²) in [5.41, 5.74) is 4.43. The van der Waals surface area contributed by atoms with Crippen LogP contribution in [0.2, 0.25) is 0 Å². The summed E-state index contributed by atoms with van der Waals surface area (Å²) in [5.74, 6) is 1.36. The topological polar surface area (TPSA) is 52.3 Å². The average molecular weight is 437 g/mol. The summed E-state index contributed by atoms with van der Waals surface area (Å²) < 4.78 is 5.40. The van der Waals surface area contributed by atoms with Gasteiger partial charge in [-0.25, -0.2) is 0 Å². The number of aromatic amines is 1. The lowest BCUT2D eigenvalue weighted by atomic mass is 9.88. The Labute approximate surface area is 190 Å². The molecule has 4 rings (SSSR count). The number of hydrogen-bond acceptors (Lipinski definition) is 3. The van der Waals surface area contributed by atoms with E-state index in [4.69, 9.17) is 17.0 Å². The number of fused-ring (bicyclic) bond motifs is 1. The van der Waals surface area contributed by atoms with Crippen molar-refractivity contribution in [2.75, 3.05) is 30.8 Å². The van der Waals surface area contributed by atoms with Crippen LogP contribution in [0.15, 0.2) is 48.7 Å². The highest BCUT2D eigenvalue weighted by Crippen LogP contribution is 2.35. The number of nitrogens with one attached hydrogen (secondary N) is 3. The van der Waals surface area contributed by atoms with Gasteiger partial charge in [-0.2, -0.15) is 0 Å². The number of anilines is 2. The summed E-state index contributed by atoms with van der Waals surface area (Å²) in [4.78, 5) is 6.08. The van der Waals surface area contributed by atoms with Gasteiger partial charge in [0.1, 0.15) is 5.75 Å². The minimum Gasteiger partial charge on any atom is -0.495 e.